The van der Waals surface area contributed by atoms with Gasteiger partial charge in [0.05, 0.1) is 22.7 Å². The van der Waals surface area contributed by atoms with E-state index in [9.17, 15) is 0 Å². The van der Waals surface area contributed by atoms with E-state index < -0.39 is 0 Å². The van der Waals surface area contributed by atoms with E-state index in [1.807, 2.05) is 0 Å². The van der Waals surface area contributed by atoms with Crippen LogP contribution in [0.4, 0.5) is 68.2 Å². The molecule has 4 nitrogen and oxygen atoms in total. The molecule has 462 valence electrons. The van der Waals surface area contributed by atoms with Crippen LogP contribution in [-0.2, 0) is 10.8 Å². The van der Waals surface area contributed by atoms with Crippen LogP contribution in [-0.4, -0.2) is 0 Å². The van der Waals surface area contributed by atoms with Gasteiger partial charge in [-0.2, -0.15) is 0 Å². The topological polar surface area (TPSA) is 13.0 Å². The number of anilines is 12. The number of hydrogen-bond acceptors (Lipinski definition) is 4. The first kappa shape index (κ1) is 57.5. The van der Waals surface area contributed by atoms with Gasteiger partial charge in [-0.25, -0.2) is 0 Å². The fraction of sp³-hybridized carbons (Fsp3) is 0.130. The molecule has 2 fully saturated rings. The SMILES string of the molecule is c1ccc(N(c2ccc(-c3ccc(N(c4ccccc4)c4ccc(N(c5ccccc5)c5ccc6c(c5)C5(CCCCC5)c5ccccc5-6)c5ccccc45)cc3)cc2)c2ccc(N(c3ccccc3)c3ccc4c(c3)C3(CCCCC3)c3ccccc3-4)c3ccccc23)cc1. The van der Waals surface area contributed by atoms with E-state index in [2.05, 4.69) is 347 Å². The van der Waals surface area contributed by atoms with E-state index in [0.29, 0.717) is 0 Å². The molecule has 0 aromatic heterocycles. The van der Waals surface area contributed by atoms with Crippen LogP contribution in [0.5, 0.6) is 0 Å². The lowest BCUT2D eigenvalue weighted by Gasteiger charge is -2.37. The van der Waals surface area contributed by atoms with Crippen molar-refractivity contribution >= 4 is 89.8 Å². The molecule has 0 saturated heterocycles. The van der Waals surface area contributed by atoms with Crippen molar-refractivity contribution in [2.45, 2.75) is 75.0 Å². The highest BCUT2D eigenvalue weighted by Crippen LogP contribution is 2.60. The Hall–Kier alpha value is -11.2. The molecule has 0 unspecified atom stereocenters. The van der Waals surface area contributed by atoms with Gasteiger partial charge >= 0.3 is 0 Å². The molecule has 0 amide bonds. The maximum absolute atomic E-state index is 2.54. The molecule has 0 radical (unpaired) electrons. The number of benzene rings is 14. The van der Waals surface area contributed by atoms with E-state index in [-0.39, 0.29) is 10.8 Å². The van der Waals surface area contributed by atoms with Crippen LogP contribution >= 0.6 is 0 Å². The van der Waals surface area contributed by atoms with E-state index in [1.165, 1.54) is 142 Å². The molecule has 18 rings (SSSR count). The molecular weight excluding hydrogens is 1160 g/mol. The first-order chi connectivity index (χ1) is 47.6. The Morgan fingerprint density at radius 1 is 0.188 bits per heavy atom. The van der Waals surface area contributed by atoms with Crippen LogP contribution in [0, 0.1) is 0 Å². The summed E-state index contributed by atoms with van der Waals surface area (Å²) >= 11 is 0. The van der Waals surface area contributed by atoms with Gasteiger partial charge in [0, 0.05) is 77.9 Å². The third-order valence-electron chi connectivity index (χ3n) is 21.8. The van der Waals surface area contributed by atoms with Crippen molar-refractivity contribution in [3.63, 3.8) is 0 Å². The van der Waals surface area contributed by atoms with Gasteiger partial charge in [0.2, 0.25) is 0 Å². The number of para-hydroxylation sites is 4. The fourth-order valence-electron chi connectivity index (χ4n) is 17.5. The van der Waals surface area contributed by atoms with Crippen LogP contribution < -0.4 is 19.6 Å². The van der Waals surface area contributed by atoms with Crippen molar-refractivity contribution in [3.8, 4) is 33.4 Å². The zero-order chi connectivity index (χ0) is 63.6. The van der Waals surface area contributed by atoms with Gasteiger partial charge in [-0.1, -0.05) is 245 Å². The molecule has 0 N–H and O–H groups in total. The summed E-state index contributed by atoms with van der Waals surface area (Å²) in [5, 5.41) is 4.72. The maximum atomic E-state index is 2.54. The molecule has 0 bridgehead atoms. The van der Waals surface area contributed by atoms with E-state index in [4.69, 9.17) is 0 Å². The molecular formula is C92H74N4. The summed E-state index contributed by atoms with van der Waals surface area (Å²) in [6.45, 7) is 0. The number of fused-ring (bicyclic) bond motifs is 12. The summed E-state index contributed by atoms with van der Waals surface area (Å²) < 4.78 is 0. The molecule has 14 aromatic rings. The average Bonchev–Trinajstić information content (AvgIpc) is 1.65. The Kier molecular flexibility index (Phi) is 14.4. The van der Waals surface area contributed by atoms with Crippen molar-refractivity contribution in [3.05, 3.63) is 350 Å². The van der Waals surface area contributed by atoms with Crippen LogP contribution in [0.3, 0.4) is 0 Å². The van der Waals surface area contributed by atoms with Crippen molar-refractivity contribution in [2.24, 2.45) is 0 Å². The molecule has 14 aromatic carbocycles. The smallest absolute Gasteiger partial charge is 0.0541 e. The predicted octanol–water partition coefficient (Wildman–Crippen LogP) is 26.0. The summed E-state index contributed by atoms with van der Waals surface area (Å²) in [5.74, 6) is 0. The normalized spacial score (nSPS) is 14.6. The van der Waals surface area contributed by atoms with Gasteiger partial charge < -0.3 is 19.6 Å². The Bertz CT molecular complexity index is 4860. The van der Waals surface area contributed by atoms with E-state index in [0.717, 1.165) is 68.0 Å². The molecule has 0 heterocycles. The third kappa shape index (κ3) is 9.55. The lowest BCUT2D eigenvalue weighted by atomic mass is 9.68. The summed E-state index contributed by atoms with van der Waals surface area (Å²) in [6, 6.07) is 122. The van der Waals surface area contributed by atoms with E-state index in [1.54, 1.807) is 0 Å². The highest BCUT2D eigenvalue weighted by atomic mass is 15.2. The molecule has 0 atom stereocenters. The number of rotatable bonds is 13. The minimum absolute atomic E-state index is 0.0436. The quantitative estimate of drug-likeness (QED) is 0.114. The summed E-state index contributed by atoms with van der Waals surface area (Å²) in [7, 11) is 0. The highest BCUT2D eigenvalue weighted by molar-refractivity contribution is 6.09. The first-order valence-electron chi connectivity index (χ1n) is 34.7. The summed E-state index contributed by atoms with van der Waals surface area (Å²) in [4.78, 5) is 9.84. The van der Waals surface area contributed by atoms with Crippen LogP contribution in [0.15, 0.2) is 328 Å². The van der Waals surface area contributed by atoms with E-state index >= 15 is 0 Å². The van der Waals surface area contributed by atoms with Gasteiger partial charge in [0.15, 0.2) is 0 Å². The Labute approximate surface area is 564 Å². The fourth-order valence-corrected chi connectivity index (χ4v) is 17.5. The second kappa shape index (κ2) is 24.0. The van der Waals surface area contributed by atoms with Crippen LogP contribution in [0.2, 0.25) is 0 Å². The third-order valence-corrected chi connectivity index (χ3v) is 21.8. The lowest BCUT2D eigenvalue weighted by Crippen LogP contribution is -2.28. The first-order valence-corrected chi connectivity index (χ1v) is 34.7. The van der Waals surface area contributed by atoms with Crippen molar-refractivity contribution in [1.29, 1.82) is 0 Å². The van der Waals surface area contributed by atoms with Crippen LogP contribution in [0.25, 0.3) is 54.9 Å². The minimum atomic E-state index is 0.0436. The monoisotopic (exact) mass is 1230 g/mol. The average molecular weight is 1240 g/mol. The summed E-state index contributed by atoms with van der Waals surface area (Å²) in [6.07, 6.45) is 12.4. The zero-order valence-corrected chi connectivity index (χ0v) is 54.0. The molecule has 4 heteroatoms. The Balaban J connectivity index is 0.691. The van der Waals surface area contributed by atoms with Gasteiger partial charge in [-0.15, -0.1) is 0 Å². The molecule has 4 aliphatic rings. The maximum Gasteiger partial charge on any atom is 0.0541 e. The van der Waals surface area contributed by atoms with Crippen molar-refractivity contribution in [1.82, 2.24) is 0 Å². The second-order valence-electron chi connectivity index (χ2n) is 26.9. The molecule has 4 aliphatic carbocycles. The molecule has 0 aliphatic heterocycles. The highest BCUT2D eigenvalue weighted by Gasteiger charge is 2.45. The second-order valence-corrected chi connectivity index (χ2v) is 26.9. The molecule has 2 spiro atoms. The largest absolute Gasteiger partial charge is 0.310 e. The van der Waals surface area contributed by atoms with Crippen LogP contribution in [0.1, 0.15) is 86.5 Å². The molecule has 96 heavy (non-hydrogen) atoms. The number of nitrogens with zero attached hydrogens (tertiary/aromatic N) is 4. The Morgan fingerprint density at radius 3 is 0.760 bits per heavy atom. The standard InChI is InChI=1S/C92H74N4/c1-7-27-67(28-8-1)93(87-55-57-89(81-39-17-15-37-79(81)87)95(69-31-11-3-12-32-69)73-51-53-77-75-35-19-21-41-83(75)91(85(77)63-73)59-23-5-24-60-91)71-47-43-65(44-48-71)66-45-49-72(50-46-66)94(68-29-9-2-10-30-68)88-56-58-90(82-40-18-16-38-80(82)88)96(70-33-13-4-14-34-70)74-52-54-78-76-36-20-22-42-84(76)92(86(78)64-74)61-25-6-26-62-92/h1-4,7-22,27-58,63-64H,5-6,23-26,59-62H2. The van der Waals surface area contributed by atoms with Gasteiger partial charge in [0.1, 0.15) is 0 Å². The zero-order valence-electron chi connectivity index (χ0n) is 54.0. The van der Waals surface area contributed by atoms with Crippen molar-refractivity contribution in [2.75, 3.05) is 19.6 Å². The van der Waals surface area contributed by atoms with Gasteiger partial charge in [-0.05, 0) is 203 Å². The molecule has 2 saturated carbocycles. The Morgan fingerprint density at radius 2 is 0.438 bits per heavy atom. The van der Waals surface area contributed by atoms with Crippen molar-refractivity contribution < 1.29 is 0 Å². The summed E-state index contributed by atoms with van der Waals surface area (Å²) in [5.41, 5.74) is 27.5. The lowest BCUT2D eigenvalue weighted by molar-refractivity contribution is 0.353. The van der Waals surface area contributed by atoms with Gasteiger partial charge in [-0.3, -0.25) is 0 Å². The number of hydrogen-bond donors (Lipinski definition) is 0. The predicted molar refractivity (Wildman–Crippen MR) is 404 cm³/mol. The van der Waals surface area contributed by atoms with Gasteiger partial charge in [0.25, 0.3) is 0 Å². The minimum Gasteiger partial charge on any atom is -0.310 e.